The van der Waals surface area contributed by atoms with Crippen LogP contribution in [0.15, 0.2) is 24.3 Å². The molecule has 0 spiro atoms. The Morgan fingerprint density at radius 2 is 1.14 bits per heavy atom. The fraction of sp³-hybridized carbons (Fsp3) is 0.636. The Balaban J connectivity index is 2.62. The SMILES string of the molecule is CCCCC(CC)C(=O)OOc1ccccc1OOC(=O)C(CC)CCCC. The number of hydrogen-bond acceptors (Lipinski definition) is 6. The summed E-state index contributed by atoms with van der Waals surface area (Å²) in [5.74, 6) is -0.864. The Hall–Kier alpha value is -2.24. The van der Waals surface area contributed by atoms with Crippen LogP contribution in [0.25, 0.3) is 0 Å². The van der Waals surface area contributed by atoms with Crippen LogP contribution in [0.4, 0.5) is 0 Å². The Labute approximate surface area is 168 Å². The van der Waals surface area contributed by atoms with Crippen LogP contribution in [0, 0.1) is 11.8 Å². The van der Waals surface area contributed by atoms with Gasteiger partial charge >= 0.3 is 11.9 Å². The lowest BCUT2D eigenvalue weighted by Gasteiger charge is -2.15. The minimum atomic E-state index is -0.409. The van der Waals surface area contributed by atoms with E-state index in [9.17, 15) is 9.59 Å². The predicted octanol–water partition coefficient (Wildman–Crippen LogP) is 5.79. The zero-order chi connectivity index (χ0) is 20.8. The number of rotatable bonds is 14. The van der Waals surface area contributed by atoms with E-state index in [1.54, 1.807) is 24.3 Å². The first-order valence-electron chi connectivity index (χ1n) is 10.4. The van der Waals surface area contributed by atoms with E-state index in [1.165, 1.54) is 0 Å². The van der Waals surface area contributed by atoms with Crippen molar-refractivity contribution in [3.63, 3.8) is 0 Å². The van der Waals surface area contributed by atoms with Crippen molar-refractivity contribution in [2.45, 2.75) is 79.1 Å². The first-order valence-corrected chi connectivity index (χ1v) is 10.4. The minimum absolute atomic E-state index is 0.176. The molecule has 0 bridgehead atoms. The molecule has 158 valence electrons. The summed E-state index contributed by atoms with van der Waals surface area (Å²) in [7, 11) is 0. The summed E-state index contributed by atoms with van der Waals surface area (Å²) in [6, 6.07) is 6.58. The van der Waals surface area contributed by atoms with Crippen molar-refractivity contribution in [3.05, 3.63) is 24.3 Å². The van der Waals surface area contributed by atoms with Gasteiger partial charge in [0.1, 0.15) is 0 Å². The molecule has 1 aromatic rings. The molecule has 0 amide bonds. The third kappa shape index (κ3) is 8.19. The lowest BCUT2D eigenvalue weighted by Crippen LogP contribution is -2.20. The molecule has 0 radical (unpaired) electrons. The van der Waals surface area contributed by atoms with E-state index in [1.807, 2.05) is 13.8 Å². The van der Waals surface area contributed by atoms with Gasteiger partial charge in [-0.25, -0.2) is 19.4 Å². The molecule has 28 heavy (non-hydrogen) atoms. The van der Waals surface area contributed by atoms with Gasteiger partial charge in [0.2, 0.25) is 11.5 Å². The number of carbonyl (C=O) groups is 2. The second-order valence-electron chi connectivity index (χ2n) is 6.91. The third-order valence-electron chi connectivity index (χ3n) is 4.74. The second kappa shape index (κ2) is 13.9. The van der Waals surface area contributed by atoms with Crippen LogP contribution in [0.3, 0.4) is 0 Å². The number of unbranched alkanes of at least 4 members (excludes halogenated alkanes) is 2. The fourth-order valence-corrected chi connectivity index (χ4v) is 2.77. The van der Waals surface area contributed by atoms with Gasteiger partial charge in [0.15, 0.2) is 0 Å². The summed E-state index contributed by atoms with van der Waals surface area (Å²) in [5, 5.41) is 0. The summed E-state index contributed by atoms with van der Waals surface area (Å²) < 4.78 is 0. The smallest absolute Gasteiger partial charge is 0.283 e. The van der Waals surface area contributed by atoms with Crippen molar-refractivity contribution in [3.8, 4) is 11.5 Å². The highest BCUT2D eigenvalue weighted by Gasteiger charge is 2.22. The number of para-hydroxylation sites is 2. The standard InChI is InChI=1S/C22H34O6/c1-5-9-13-17(7-3)21(23)27-25-19-15-11-12-16-20(19)26-28-22(24)18(8-4)14-10-6-2/h11-12,15-18H,5-10,13-14H2,1-4H3. The number of benzene rings is 1. The highest BCUT2D eigenvalue weighted by Crippen LogP contribution is 2.28. The molecular weight excluding hydrogens is 360 g/mol. The van der Waals surface area contributed by atoms with Crippen molar-refractivity contribution < 1.29 is 29.1 Å². The average molecular weight is 395 g/mol. The highest BCUT2D eigenvalue weighted by molar-refractivity contribution is 5.72. The van der Waals surface area contributed by atoms with Crippen molar-refractivity contribution in [2.75, 3.05) is 0 Å². The van der Waals surface area contributed by atoms with Gasteiger partial charge in [0.05, 0.1) is 11.8 Å². The maximum atomic E-state index is 12.2. The molecule has 0 aliphatic rings. The summed E-state index contributed by atoms with van der Waals surface area (Å²) in [4.78, 5) is 44.7. The van der Waals surface area contributed by atoms with Gasteiger partial charge < -0.3 is 0 Å². The molecule has 0 heterocycles. The Kier molecular flexibility index (Phi) is 11.8. The first-order chi connectivity index (χ1) is 13.6. The van der Waals surface area contributed by atoms with E-state index < -0.39 is 11.9 Å². The lowest BCUT2D eigenvalue weighted by molar-refractivity contribution is -0.231. The zero-order valence-corrected chi connectivity index (χ0v) is 17.6. The van der Waals surface area contributed by atoms with Crippen LogP contribution in [0.1, 0.15) is 79.1 Å². The third-order valence-corrected chi connectivity index (χ3v) is 4.74. The van der Waals surface area contributed by atoms with Crippen molar-refractivity contribution in [1.29, 1.82) is 0 Å². The minimum Gasteiger partial charge on any atom is -0.283 e. The van der Waals surface area contributed by atoms with Crippen LogP contribution < -0.4 is 9.78 Å². The van der Waals surface area contributed by atoms with E-state index in [0.717, 1.165) is 38.5 Å². The van der Waals surface area contributed by atoms with Crippen LogP contribution >= 0.6 is 0 Å². The molecule has 6 nitrogen and oxygen atoms in total. The number of carbonyl (C=O) groups excluding carboxylic acids is 2. The first kappa shape index (κ1) is 23.8. The molecule has 2 atom stereocenters. The summed E-state index contributed by atoms with van der Waals surface area (Å²) in [6.45, 7) is 8.05. The Morgan fingerprint density at radius 3 is 1.46 bits per heavy atom. The molecule has 0 fully saturated rings. The monoisotopic (exact) mass is 394 g/mol. The quantitative estimate of drug-likeness (QED) is 0.294. The molecule has 0 aliphatic heterocycles. The van der Waals surface area contributed by atoms with E-state index in [0.29, 0.717) is 12.8 Å². The Morgan fingerprint density at radius 1 is 0.750 bits per heavy atom. The van der Waals surface area contributed by atoms with Gasteiger partial charge in [-0.1, -0.05) is 65.5 Å². The average Bonchev–Trinajstić information content (AvgIpc) is 2.72. The predicted molar refractivity (Wildman–Crippen MR) is 106 cm³/mol. The van der Waals surface area contributed by atoms with Gasteiger partial charge in [0.25, 0.3) is 0 Å². The molecule has 1 aromatic carbocycles. The maximum Gasteiger partial charge on any atom is 0.358 e. The molecule has 6 heteroatoms. The van der Waals surface area contributed by atoms with E-state index in [4.69, 9.17) is 19.6 Å². The summed E-state index contributed by atoms with van der Waals surface area (Å²) in [6.07, 6.45) is 6.86. The van der Waals surface area contributed by atoms with Crippen molar-refractivity contribution in [1.82, 2.24) is 0 Å². The zero-order valence-electron chi connectivity index (χ0n) is 17.6. The van der Waals surface area contributed by atoms with Gasteiger partial charge in [-0.2, -0.15) is 0 Å². The normalized spacial score (nSPS) is 12.7. The van der Waals surface area contributed by atoms with Crippen molar-refractivity contribution >= 4 is 11.9 Å². The molecule has 0 saturated heterocycles. The second-order valence-corrected chi connectivity index (χ2v) is 6.91. The van der Waals surface area contributed by atoms with Gasteiger partial charge in [0, 0.05) is 0 Å². The largest absolute Gasteiger partial charge is 0.358 e. The van der Waals surface area contributed by atoms with Crippen molar-refractivity contribution in [2.24, 2.45) is 11.8 Å². The fourth-order valence-electron chi connectivity index (χ4n) is 2.77. The van der Waals surface area contributed by atoms with E-state index >= 15 is 0 Å². The van der Waals surface area contributed by atoms with Crippen LogP contribution in [0.5, 0.6) is 11.5 Å². The molecular formula is C22H34O6. The highest BCUT2D eigenvalue weighted by atomic mass is 17.2. The van der Waals surface area contributed by atoms with Crippen LogP contribution in [0.2, 0.25) is 0 Å². The summed E-state index contributed by atoms with van der Waals surface area (Å²) >= 11 is 0. The van der Waals surface area contributed by atoms with Gasteiger partial charge in [-0.05, 0) is 37.8 Å². The van der Waals surface area contributed by atoms with E-state index in [2.05, 4.69) is 13.8 Å². The molecule has 0 saturated carbocycles. The Bertz CT molecular complexity index is 535. The molecule has 1 rings (SSSR count). The topological polar surface area (TPSA) is 71.1 Å². The maximum absolute atomic E-state index is 12.2. The molecule has 0 N–H and O–H groups in total. The lowest BCUT2D eigenvalue weighted by atomic mass is 10.00. The van der Waals surface area contributed by atoms with Crippen LogP contribution in [-0.4, -0.2) is 11.9 Å². The number of hydrogen-bond donors (Lipinski definition) is 0. The summed E-state index contributed by atoms with van der Waals surface area (Å²) in [5.41, 5.74) is 0. The molecule has 0 aromatic heterocycles. The molecule has 2 unspecified atom stereocenters. The molecule has 0 aliphatic carbocycles. The van der Waals surface area contributed by atoms with Crippen LogP contribution in [-0.2, 0) is 19.4 Å². The van der Waals surface area contributed by atoms with Gasteiger partial charge in [-0.15, -0.1) is 0 Å². The van der Waals surface area contributed by atoms with E-state index in [-0.39, 0.29) is 23.3 Å². The van der Waals surface area contributed by atoms with Gasteiger partial charge in [-0.3, -0.25) is 9.78 Å².